The Balaban J connectivity index is 1.92. The molecule has 0 saturated heterocycles. The zero-order chi connectivity index (χ0) is 20.3. The molecule has 0 atom stereocenters. The zero-order valence-corrected chi connectivity index (χ0v) is 16.7. The van der Waals surface area contributed by atoms with Gasteiger partial charge in [-0.15, -0.1) is 0 Å². The first-order valence-corrected chi connectivity index (χ1v) is 9.88. The number of aryl methyl sites for hydroxylation is 1. The van der Waals surface area contributed by atoms with Crippen LogP contribution in [0.5, 0.6) is 11.5 Å². The van der Waals surface area contributed by atoms with E-state index in [-0.39, 0.29) is 30.3 Å². The summed E-state index contributed by atoms with van der Waals surface area (Å²) in [6, 6.07) is 8.36. The number of halogens is 3. The second-order valence-electron chi connectivity index (χ2n) is 6.85. The molecule has 0 amide bonds. The standard InChI is InChI=1S/C22H23ClF2O3/c1-3-13-10-16(22(24)25)20(11-18(13)23)27-12-17-15(14-8-9-14)6-5-7-19(17)28-21(26)4-2/h5-7,10-11,14,22H,3-4,8-9,12H2,1-2H3. The Kier molecular flexibility index (Phi) is 6.55. The largest absolute Gasteiger partial charge is 0.488 e. The Bertz CT molecular complexity index is 863. The lowest BCUT2D eigenvalue weighted by Crippen LogP contribution is -2.10. The number of hydrogen-bond donors (Lipinski definition) is 0. The quantitative estimate of drug-likeness (QED) is 0.364. The summed E-state index contributed by atoms with van der Waals surface area (Å²) in [5, 5.41) is 0.398. The van der Waals surface area contributed by atoms with E-state index in [1.807, 2.05) is 19.1 Å². The summed E-state index contributed by atoms with van der Waals surface area (Å²) in [5.74, 6) is 0.513. The third-order valence-electron chi connectivity index (χ3n) is 4.87. The van der Waals surface area contributed by atoms with Crippen molar-refractivity contribution < 1.29 is 23.0 Å². The molecule has 2 aromatic rings. The van der Waals surface area contributed by atoms with Crippen LogP contribution in [0.25, 0.3) is 0 Å². The molecule has 3 nitrogen and oxygen atoms in total. The van der Waals surface area contributed by atoms with Gasteiger partial charge < -0.3 is 9.47 Å². The van der Waals surface area contributed by atoms with E-state index in [2.05, 4.69) is 0 Å². The average molecular weight is 409 g/mol. The highest BCUT2D eigenvalue weighted by Crippen LogP contribution is 2.44. The molecule has 0 N–H and O–H groups in total. The van der Waals surface area contributed by atoms with Crippen molar-refractivity contribution in [3.63, 3.8) is 0 Å². The van der Waals surface area contributed by atoms with Crippen molar-refractivity contribution in [3.05, 3.63) is 57.6 Å². The van der Waals surface area contributed by atoms with E-state index in [0.717, 1.165) is 24.0 Å². The first-order chi connectivity index (χ1) is 13.4. The van der Waals surface area contributed by atoms with Gasteiger partial charge in [-0.2, -0.15) is 0 Å². The van der Waals surface area contributed by atoms with Gasteiger partial charge in [-0.25, -0.2) is 8.78 Å². The molecule has 2 aromatic carbocycles. The number of carbonyl (C=O) groups excluding carboxylic acids is 1. The molecule has 150 valence electrons. The summed E-state index contributed by atoms with van der Waals surface area (Å²) < 4.78 is 38.3. The van der Waals surface area contributed by atoms with Gasteiger partial charge in [0.05, 0.1) is 5.56 Å². The summed E-state index contributed by atoms with van der Waals surface area (Å²) in [4.78, 5) is 11.8. The normalized spacial score (nSPS) is 13.6. The van der Waals surface area contributed by atoms with Crippen LogP contribution in [0.1, 0.15) is 67.7 Å². The molecule has 28 heavy (non-hydrogen) atoms. The molecule has 0 bridgehead atoms. The fraction of sp³-hybridized carbons (Fsp3) is 0.409. The van der Waals surface area contributed by atoms with Gasteiger partial charge in [0, 0.05) is 17.0 Å². The Morgan fingerprint density at radius 2 is 1.96 bits per heavy atom. The Morgan fingerprint density at radius 1 is 1.21 bits per heavy atom. The molecular formula is C22H23ClF2O3. The second kappa shape index (κ2) is 8.91. The van der Waals surface area contributed by atoms with Gasteiger partial charge in [0.15, 0.2) is 0 Å². The molecule has 1 fully saturated rings. The minimum absolute atomic E-state index is 0.0283. The molecule has 1 saturated carbocycles. The molecule has 3 rings (SSSR count). The Labute approximate surface area is 168 Å². The Hall–Kier alpha value is -2.14. The molecule has 1 aliphatic rings. The van der Waals surface area contributed by atoms with E-state index in [9.17, 15) is 13.6 Å². The van der Waals surface area contributed by atoms with Gasteiger partial charge in [-0.3, -0.25) is 4.79 Å². The van der Waals surface area contributed by atoms with Crippen LogP contribution in [0.15, 0.2) is 30.3 Å². The predicted octanol–water partition coefficient (Wildman–Crippen LogP) is 6.61. The van der Waals surface area contributed by atoms with Crippen LogP contribution in [0.2, 0.25) is 5.02 Å². The second-order valence-corrected chi connectivity index (χ2v) is 7.26. The molecule has 0 aromatic heterocycles. The zero-order valence-electron chi connectivity index (χ0n) is 15.9. The average Bonchev–Trinajstić information content (AvgIpc) is 3.51. The maximum atomic E-state index is 13.5. The number of benzene rings is 2. The van der Waals surface area contributed by atoms with E-state index in [0.29, 0.717) is 28.7 Å². The summed E-state index contributed by atoms with van der Waals surface area (Å²) in [5.41, 5.74) is 2.23. The van der Waals surface area contributed by atoms with Crippen molar-refractivity contribution in [1.29, 1.82) is 0 Å². The van der Waals surface area contributed by atoms with Gasteiger partial charge in [0.25, 0.3) is 6.43 Å². The van der Waals surface area contributed by atoms with Gasteiger partial charge >= 0.3 is 5.97 Å². The molecule has 0 spiro atoms. The summed E-state index contributed by atoms with van der Waals surface area (Å²) in [7, 11) is 0. The smallest absolute Gasteiger partial charge is 0.310 e. The van der Waals surface area contributed by atoms with Crippen molar-refractivity contribution >= 4 is 17.6 Å². The molecular weight excluding hydrogens is 386 g/mol. The highest BCUT2D eigenvalue weighted by molar-refractivity contribution is 6.31. The fourth-order valence-corrected chi connectivity index (χ4v) is 3.43. The van der Waals surface area contributed by atoms with Gasteiger partial charge in [-0.05, 0) is 54.5 Å². The molecule has 1 aliphatic carbocycles. The predicted molar refractivity (Wildman–Crippen MR) is 104 cm³/mol. The van der Waals surface area contributed by atoms with Crippen molar-refractivity contribution in [1.82, 2.24) is 0 Å². The van der Waals surface area contributed by atoms with Crippen LogP contribution < -0.4 is 9.47 Å². The minimum Gasteiger partial charge on any atom is -0.488 e. The highest BCUT2D eigenvalue weighted by atomic mass is 35.5. The van der Waals surface area contributed by atoms with Crippen LogP contribution in [0, 0.1) is 0 Å². The van der Waals surface area contributed by atoms with E-state index in [4.69, 9.17) is 21.1 Å². The number of rotatable bonds is 8. The molecule has 0 radical (unpaired) electrons. The number of hydrogen-bond acceptors (Lipinski definition) is 3. The lowest BCUT2D eigenvalue weighted by molar-refractivity contribution is -0.134. The van der Waals surface area contributed by atoms with Gasteiger partial charge in [0.1, 0.15) is 18.1 Å². The first-order valence-electron chi connectivity index (χ1n) is 9.50. The third kappa shape index (κ3) is 4.64. The van der Waals surface area contributed by atoms with Crippen LogP contribution in [0.4, 0.5) is 8.78 Å². The topological polar surface area (TPSA) is 35.5 Å². The van der Waals surface area contributed by atoms with E-state index >= 15 is 0 Å². The third-order valence-corrected chi connectivity index (χ3v) is 5.22. The van der Waals surface area contributed by atoms with Gasteiger partial charge in [0.2, 0.25) is 0 Å². The van der Waals surface area contributed by atoms with Crippen molar-refractivity contribution in [2.45, 2.75) is 58.5 Å². The summed E-state index contributed by atoms with van der Waals surface area (Å²) in [6.07, 6.45) is 0.237. The number of carbonyl (C=O) groups is 1. The first kappa shape index (κ1) is 20.6. The highest BCUT2D eigenvalue weighted by Gasteiger charge is 2.28. The van der Waals surface area contributed by atoms with E-state index in [1.165, 1.54) is 12.1 Å². The monoisotopic (exact) mass is 408 g/mol. The van der Waals surface area contributed by atoms with Crippen LogP contribution in [0.3, 0.4) is 0 Å². The van der Waals surface area contributed by atoms with Gasteiger partial charge in [-0.1, -0.05) is 37.6 Å². The van der Waals surface area contributed by atoms with Crippen LogP contribution >= 0.6 is 11.6 Å². The SMILES string of the molecule is CCC(=O)Oc1cccc(C2CC2)c1COc1cc(Cl)c(CC)cc1C(F)F. The van der Waals surface area contributed by atoms with Crippen LogP contribution in [-0.2, 0) is 17.8 Å². The van der Waals surface area contributed by atoms with E-state index in [1.54, 1.807) is 13.0 Å². The van der Waals surface area contributed by atoms with Crippen molar-refractivity contribution in [2.24, 2.45) is 0 Å². The number of esters is 1. The lowest BCUT2D eigenvalue weighted by atomic mass is 10.0. The maximum Gasteiger partial charge on any atom is 0.310 e. The molecule has 0 heterocycles. The van der Waals surface area contributed by atoms with Crippen molar-refractivity contribution in [3.8, 4) is 11.5 Å². The summed E-state index contributed by atoms with van der Waals surface area (Å²) in [6.45, 7) is 3.60. The maximum absolute atomic E-state index is 13.5. The molecule has 0 aliphatic heterocycles. The Morgan fingerprint density at radius 3 is 2.57 bits per heavy atom. The minimum atomic E-state index is -2.67. The number of ether oxygens (including phenoxy) is 2. The van der Waals surface area contributed by atoms with Crippen LogP contribution in [-0.4, -0.2) is 5.97 Å². The summed E-state index contributed by atoms with van der Waals surface area (Å²) >= 11 is 6.20. The number of alkyl halides is 2. The van der Waals surface area contributed by atoms with Crippen molar-refractivity contribution in [2.75, 3.05) is 0 Å². The lowest BCUT2D eigenvalue weighted by Gasteiger charge is -2.18. The molecule has 6 heteroatoms. The molecule has 0 unspecified atom stereocenters. The van der Waals surface area contributed by atoms with E-state index < -0.39 is 6.43 Å². The fourth-order valence-electron chi connectivity index (χ4n) is 3.14.